The second-order valence-electron chi connectivity index (χ2n) is 6.34. The van der Waals surface area contributed by atoms with Crippen molar-refractivity contribution in [1.82, 2.24) is 16.0 Å². The predicted molar refractivity (Wildman–Crippen MR) is 87.9 cm³/mol. The minimum atomic E-state index is -0.272. The fourth-order valence-corrected chi connectivity index (χ4v) is 3.61. The van der Waals surface area contributed by atoms with Crippen molar-refractivity contribution in [2.45, 2.75) is 6.42 Å². The molecule has 2 aliphatic rings. The van der Waals surface area contributed by atoms with E-state index in [0.29, 0.717) is 12.5 Å². The lowest BCUT2D eigenvalue weighted by atomic mass is 9.80. The zero-order chi connectivity index (χ0) is 16.3. The highest BCUT2D eigenvalue weighted by molar-refractivity contribution is 5.84. The van der Waals surface area contributed by atoms with Crippen molar-refractivity contribution in [3.63, 3.8) is 0 Å². The number of rotatable bonds is 6. The minimum absolute atomic E-state index is 0.160. The van der Waals surface area contributed by atoms with E-state index < -0.39 is 0 Å². The van der Waals surface area contributed by atoms with Gasteiger partial charge in [0.05, 0.1) is 19.6 Å². The highest BCUT2D eigenvalue weighted by atomic mass is 16.5. The number of fused-ring (bicyclic) bond motifs is 1. The van der Waals surface area contributed by atoms with E-state index >= 15 is 0 Å². The van der Waals surface area contributed by atoms with Crippen LogP contribution in [0.25, 0.3) is 0 Å². The van der Waals surface area contributed by atoms with Gasteiger partial charge in [-0.3, -0.25) is 4.79 Å². The van der Waals surface area contributed by atoms with Gasteiger partial charge in [-0.05, 0) is 24.1 Å². The number of nitrogens with one attached hydrogen (secondary N) is 3. The van der Waals surface area contributed by atoms with E-state index in [0.717, 1.165) is 49.7 Å². The first-order chi connectivity index (χ1) is 11.2. The molecule has 23 heavy (non-hydrogen) atoms. The maximum absolute atomic E-state index is 12.6. The SMILES string of the molecule is COc1cc(CCNC(=O)C23CNCC2CNC3)cc(OC)c1. The molecule has 2 fully saturated rings. The fourth-order valence-electron chi connectivity index (χ4n) is 3.61. The van der Waals surface area contributed by atoms with E-state index in [2.05, 4.69) is 16.0 Å². The van der Waals surface area contributed by atoms with Crippen molar-refractivity contribution in [2.75, 3.05) is 46.9 Å². The Labute approximate surface area is 136 Å². The van der Waals surface area contributed by atoms with Gasteiger partial charge in [-0.25, -0.2) is 0 Å². The van der Waals surface area contributed by atoms with Gasteiger partial charge in [-0.2, -0.15) is 0 Å². The molecule has 0 aromatic heterocycles. The normalized spacial score (nSPS) is 25.9. The lowest BCUT2D eigenvalue weighted by Gasteiger charge is -2.25. The van der Waals surface area contributed by atoms with Crippen LogP contribution in [0.2, 0.25) is 0 Å². The molecule has 2 aliphatic heterocycles. The monoisotopic (exact) mass is 319 g/mol. The van der Waals surface area contributed by atoms with Gasteiger partial charge in [0.15, 0.2) is 0 Å². The maximum atomic E-state index is 12.6. The average Bonchev–Trinajstić information content (AvgIpc) is 3.15. The molecule has 6 nitrogen and oxygen atoms in total. The van der Waals surface area contributed by atoms with Crippen molar-refractivity contribution in [3.05, 3.63) is 23.8 Å². The molecule has 0 spiro atoms. The molecule has 0 bridgehead atoms. The van der Waals surface area contributed by atoms with Gasteiger partial charge >= 0.3 is 0 Å². The van der Waals surface area contributed by atoms with Crippen LogP contribution in [0.3, 0.4) is 0 Å². The summed E-state index contributed by atoms with van der Waals surface area (Å²) in [6, 6.07) is 5.80. The summed E-state index contributed by atoms with van der Waals surface area (Å²) < 4.78 is 10.6. The van der Waals surface area contributed by atoms with Crippen LogP contribution in [-0.4, -0.2) is 52.9 Å². The molecule has 0 saturated carbocycles. The number of hydrogen-bond donors (Lipinski definition) is 3. The molecule has 1 aromatic carbocycles. The van der Waals surface area contributed by atoms with Gasteiger partial charge < -0.3 is 25.4 Å². The Hall–Kier alpha value is -1.79. The molecule has 0 aliphatic carbocycles. The largest absolute Gasteiger partial charge is 0.497 e. The molecule has 0 unspecified atom stereocenters. The summed E-state index contributed by atoms with van der Waals surface area (Å²) in [6.07, 6.45) is 0.751. The lowest BCUT2D eigenvalue weighted by molar-refractivity contribution is -0.130. The molecular formula is C17H25N3O3. The molecular weight excluding hydrogens is 294 g/mol. The molecule has 0 radical (unpaired) electrons. The van der Waals surface area contributed by atoms with E-state index in [9.17, 15) is 4.79 Å². The highest BCUT2D eigenvalue weighted by Gasteiger charge is 2.51. The van der Waals surface area contributed by atoms with E-state index in [1.807, 2.05) is 18.2 Å². The summed E-state index contributed by atoms with van der Waals surface area (Å²) in [7, 11) is 3.28. The summed E-state index contributed by atoms with van der Waals surface area (Å²) in [6.45, 7) is 4.00. The van der Waals surface area contributed by atoms with Crippen LogP contribution in [-0.2, 0) is 11.2 Å². The molecule has 3 N–H and O–H groups in total. The molecule has 1 aromatic rings. The van der Waals surface area contributed by atoms with Crippen molar-refractivity contribution < 1.29 is 14.3 Å². The van der Waals surface area contributed by atoms with Crippen molar-refractivity contribution in [2.24, 2.45) is 11.3 Å². The van der Waals surface area contributed by atoms with Gasteiger partial charge in [-0.1, -0.05) is 0 Å². The highest BCUT2D eigenvalue weighted by Crippen LogP contribution is 2.34. The zero-order valence-electron chi connectivity index (χ0n) is 13.8. The number of amides is 1. The van der Waals surface area contributed by atoms with E-state index in [-0.39, 0.29) is 11.3 Å². The van der Waals surface area contributed by atoms with Crippen molar-refractivity contribution >= 4 is 5.91 Å². The smallest absolute Gasteiger partial charge is 0.229 e. The Balaban J connectivity index is 1.58. The third kappa shape index (κ3) is 3.14. The number of hydrogen-bond acceptors (Lipinski definition) is 5. The number of ether oxygens (including phenoxy) is 2. The van der Waals surface area contributed by atoms with Crippen molar-refractivity contribution in [3.8, 4) is 11.5 Å². The topological polar surface area (TPSA) is 71.6 Å². The molecule has 1 amide bonds. The summed E-state index contributed by atoms with van der Waals surface area (Å²) in [5.41, 5.74) is 0.816. The van der Waals surface area contributed by atoms with Gasteiger partial charge in [0.25, 0.3) is 0 Å². The Morgan fingerprint density at radius 1 is 1.17 bits per heavy atom. The zero-order valence-corrected chi connectivity index (χ0v) is 13.8. The van der Waals surface area contributed by atoms with Crippen LogP contribution < -0.4 is 25.4 Å². The molecule has 0 atom stereocenters. The molecule has 2 heterocycles. The Morgan fingerprint density at radius 2 is 1.78 bits per heavy atom. The summed E-state index contributed by atoms with van der Waals surface area (Å²) in [5.74, 6) is 2.10. The summed E-state index contributed by atoms with van der Waals surface area (Å²) in [5, 5.41) is 9.81. The summed E-state index contributed by atoms with van der Waals surface area (Å²) in [4.78, 5) is 12.6. The van der Waals surface area contributed by atoms with Gasteiger partial charge in [0.1, 0.15) is 11.5 Å². The van der Waals surface area contributed by atoms with Crippen LogP contribution in [0.1, 0.15) is 5.56 Å². The molecule has 2 saturated heterocycles. The first kappa shape index (κ1) is 16.1. The molecule has 6 heteroatoms. The van der Waals surface area contributed by atoms with E-state index in [4.69, 9.17) is 9.47 Å². The Kier molecular flexibility index (Phi) is 4.73. The fraction of sp³-hybridized carbons (Fsp3) is 0.588. The van der Waals surface area contributed by atoms with E-state index in [1.165, 1.54) is 0 Å². The average molecular weight is 319 g/mol. The number of carbonyl (C=O) groups excluding carboxylic acids is 1. The molecule has 3 rings (SSSR count). The third-order valence-corrected chi connectivity index (χ3v) is 5.01. The maximum Gasteiger partial charge on any atom is 0.229 e. The number of carbonyl (C=O) groups is 1. The Bertz CT molecular complexity index is 544. The lowest BCUT2D eigenvalue weighted by Crippen LogP contribution is -2.47. The standard InChI is InChI=1S/C17H25N3O3/c1-22-14-5-12(6-15(7-14)23-2)3-4-20-16(21)17-10-18-8-13(17)9-19-11-17/h5-7,13,18-19H,3-4,8-11H2,1-2H3,(H,20,21). The summed E-state index contributed by atoms with van der Waals surface area (Å²) >= 11 is 0. The van der Waals surface area contributed by atoms with Crippen LogP contribution in [0.5, 0.6) is 11.5 Å². The van der Waals surface area contributed by atoms with Crippen LogP contribution in [0.4, 0.5) is 0 Å². The predicted octanol–water partition coefficient (Wildman–Crippen LogP) is 0.172. The van der Waals surface area contributed by atoms with Crippen LogP contribution >= 0.6 is 0 Å². The minimum Gasteiger partial charge on any atom is -0.497 e. The first-order valence-corrected chi connectivity index (χ1v) is 8.09. The Morgan fingerprint density at radius 3 is 2.35 bits per heavy atom. The second kappa shape index (κ2) is 6.76. The first-order valence-electron chi connectivity index (χ1n) is 8.09. The van der Waals surface area contributed by atoms with Crippen molar-refractivity contribution in [1.29, 1.82) is 0 Å². The quantitative estimate of drug-likeness (QED) is 0.697. The van der Waals surface area contributed by atoms with Crippen LogP contribution in [0.15, 0.2) is 18.2 Å². The molecule has 126 valence electrons. The third-order valence-electron chi connectivity index (χ3n) is 5.01. The second-order valence-corrected chi connectivity index (χ2v) is 6.34. The van der Waals surface area contributed by atoms with Gasteiger partial charge in [-0.15, -0.1) is 0 Å². The van der Waals surface area contributed by atoms with Crippen LogP contribution in [0, 0.1) is 11.3 Å². The number of methoxy groups -OCH3 is 2. The van der Waals surface area contributed by atoms with Gasteiger partial charge in [0, 0.05) is 44.7 Å². The number of benzene rings is 1. The van der Waals surface area contributed by atoms with E-state index in [1.54, 1.807) is 14.2 Å². The van der Waals surface area contributed by atoms with Gasteiger partial charge in [0.2, 0.25) is 5.91 Å².